The largest absolute Gasteiger partial charge is 0.495 e. The molecular weight excluding hydrogens is 360 g/mol. The van der Waals surface area contributed by atoms with Crippen LogP contribution in [0.2, 0.25) is 0 Å². The van der Waals surface area contributed by atoms with Crippen LogP contribution in [0.5, 0.6) is 5.75 Å². The maximum absolute atomic E-state index is 5.43. The number of ether oxygens (including phenoxy) is 1. The van der Waals surface area contributed by atoms with E-state index >= 15 is 0 Å². The summed E-state index contributed by atoms with van der Waals surface area (Å²) in [5.41, 5.74) is 1.32. The molecule has 18 heavy (non-hydrogen) atoms. The Hall–Kier alpha value is -0.260. The third kappa shape index (κ3) is 3.62. The number of nitrogens with zero attached hydrogens (tertiary/aromatic N) is 1. The fraction of sp³-hybridized carbons (Fsp3) is 0.538. The molecule has 0 unspecified atom stereocenters. The quantitative estimate of drug-likeness (QED) is 0.851. The van der Waals surface area contributed by atoms with Crippen LogP contribution in [-0.2, 0) is 0 Å². The number of hydrogen-bond donors (Lipinski definition) is 1. The summed E-state index contributed by atoms with van der Waals surface area (Å²) in [7, 11) is 1.73. The molecule has 1 aliphatic rings. The van der Waals surface area contributed by atoms with Crippen molar-refractivity contribution >= 4 is 39.7 Å². The number of rotatable bonds is 2. The third-order valence-corrected chi connectivity index (χ3v) is 3.18. The molecule has 3 nitrogen and oxygen atoms in total. The molecule has 1 heterocycles. The van der Waals surface area contributed by atoms with E-state index in [1.807, 2.05) is 12.1 Å². The van der Waals surface area contributed by atoms with Crippen LogP contribution >= 0.6 is 34.0 Å². The summed E-state index contributed by atoms with van der Waals surface area (Å²) in [4.78, 5) is 2.42. The van der Waals surface area contributed by atoms with Gasteiger partial charge in [0, 0.05) is 25.2 Å². The molecule has 1 aliphatic heterocycles. The van der Waals surface area contributed by atoms with Gasteiger partial charge in [-0.1, -0.05) is 12.1 Å². The van der Waals surface area contributed by atoms with Gasteiger partial charge in [-0.25, -0.2) is 0 Å². The Bertz CT molecular complexity index is 372. The van der Waals surface area contributed by atoms with E-state index in [0.29, 0.717) is 0 Å². The molecule has 0 saturated carbocycles. The Balaban J connectivity index is 0.00000144. The first-order chi connectivity index (χ1) is 7.65. The molecule has 0 atom stereocenters. The predicted molar refractivity (Wildman–Crippen MR) is 87.9 cm³/mol. The Morgan fingerprint density at radius 1 is 1.22 bits per heavy atom. The zero-order valence-corrected chi connectivity index (χ0v) is 14.5. The topological polar surface area (TPSA) is 24.5 Å². The van der Waals surface area contributed by atoms with Crippen molar-refractivity contribution in [3.63, 3.8) is 0 Å². The van der Waals surface area contributed by atoms with Gasteiger partial charge in [-0.15, -0.1) is 34.0 Å². The van der Waals surface area contributed by atoms with Crippen molar-refractivity contribution in [3.8, 4) is 5.75 Å². The van der Waals surface area contributed by atoms with Gasteiger partial charge < -0.3 is 15.0 Å². The maximum Gasteiger partial charge on any atom is 0.142 e. The van der Waals surface area contributed by atoms with Gasteiger partial charge in [0.25, 0.3) is 0 Å². The third-order valence-electron chi connectivity index (χ3n) is 3.18. The number of halogens is 2. The van der Waals surface area contributed by atoms with Gasteiger partial charge >= 0.3 is 0 Å². The van der Waals surface area contributed by atoms with E-state index in [1.54, 1.807) is 7.11 Å². The molecule has 0 aromatic heterocycles. The maximum atomic E-state index is 5.43. The molecule has 0 spiro atoms. The van der Waals surface area contributed by atoms with E-state index in [9.17, 15) is 0 Å². The van der Waals surface area contributed by atoms with Crippen LogP contribution in [0, 0.1) is 0 Å². The van der Waals surface area contributed by atoms with Crippen molar-refractivity contribution in [1.82, 2.24) is 5.32 Å². The van der Waals surface area contributed by atoms with Gasteiger partial charge in [-0.2, -0.15) is 0 Å². The minimum atomic E-state index is 0. The first kappa shape index (κ1) is 17.7. The summed E-state index contributed by atoms with van der Waals surface area (Å²) in [6, 6.07) is 8.23. The Kier molecular flexibility index (Phi) is 7.25. The molecule has 0 amide bonds. The summed E-state index contributed by atoms with van der Waals surface area (Å²) in [6.45, 7) is 7.57. The second-order valence-corrected chi connectivity index (χ2v) is 4.81. The number of hydrogen-bond acceptors (Lipinski definition) is 3. The van der Waals surface area contributed by atoms with E-state index in [1.165, 1.54) is 5.69 Å². The molecular formula is C13H22Br2N2O. The van der Waals surface area contributed by atoms with Crippen molar-refractivity contribution in [3.05, 3.63) is 24.3 Å². The average molecular weight is 382 g/mol. The molecule has 1 N–H and O–H groups in total. The molecule has 1 aromatic rings. The molecule has 0 aliphatic carbocycles. The lowest BCUT2D eigenvalue weighted by atomic mass is 9.99. The fourth-order valence-corrected chi connectivity index (χ4v) is 2.28. The highest BCUT2D eigenvalue weighted by atomic mass is 79.9. The highest BCUT2D eigenvalue weighted by molar-refractivity contribution is 8.93. The van der Waals surface area contributed by atoms with E-state index in [-0.39, 0.29) is 39.5 Å². The predicted octanol–water partition coefficient (Wildman–Crippen LogP) is 3.04. The van der Waals surface area contributed by atoms with Crippen molar-refractivity contribution in [2.75, 3.05) is 31.6 Å². The lowest BCUT2D eigenvalue weighted by molar-refractivity contribution is 0.367. The SMILES string of the molecule is Br.Br.COc1ccccc1N1CCNCC1(C)C. The lowest BCUT2D eigenvalue weighted by Crippen LogP contribution is -2.58. The zero-order valence-electron chi connectivity index (χ0n) is 11.1. The number of piperazine rings is 1. The van der Waals surface area contributed by atoms with Crippen LogP contribution < -0.4 is 15.0 Å². The van der Waals surface area contributed by atoms with Gasteiger partial charge in [0.15, 0.2) is 0 Å². The van der Waals surface area contributed by atoms with Crippen LogP contribution in [0.3, 0.4) is 0 Å². The second kappa shape index (κ2) is 7.36. The molecule has 2 rings (SSSR count). The van der Waals surface area contributed by atoms with Crippen LogP contribution in [-0.4, -0.2) is 32.3 Å². The van der Waals surface area contributed by atoms with Crippen LogP contribution in [0.4, 0.5) is 5.69 Å². The number of benzene rings is 1. The minimum absolute atomic E-state index is 0. The highest BCUT2D eigenvalue weighted by Crippen LogP contribution is 2.33. The number of nitrogens with one attached hydrogen (secondary N) is 1. The molecule has 5 heteroatoms. The molecule has 1 fully saturated rings. The van der Waals surface area contributed by atoms with E-state index < -0.39 is 0 Å². The number of anilines is 1. The van der Waals surface area contributed by atoms with E-state index in [4.69, 9.17) is 4.74 Å². The molecule has 1 saturated heterocycles. The van der Waals surface area contributed by atoms with Crippen molar-refractivity contribution in [1.29, 1.82) is 0 Å². The fourth-order valence-electron chi connectivity index (χ4n) is 2.28. The van der Waals surface area contributed by atoms with Gasteiger partial charge in [0.05, 0.1) is 12.8 Å². The molecule has 1 aromatic carbocycles. The van der Waals surface area contributed by atoms with Gasteiger partial charge in [0.2, 0.25) is 0 Å². The van der Waals surface area contributed by atoms with Crippen LogP contribution in [0.25, 0.3) is 0 Å². The lowest BCUT2D eigenvalue weighted by Gasteiger charge is -2.44. The Morgan fingerprint density at radius 2 is 1.89 bits per heavy atom. The first-order valence-corrected chi connectivity index (χ1v) is 5.76. The van der Waals surface area contributed by atoms with E-state index in [0.717, 1.165) is 25.4 Å². The Morgan fingerprint density at radius 3 is 2.50 bits per heavy atom. The van der Waals surface area contributed by atoms with Crippen LogP contribution in [0.1, 0.15) is 13.8 Å². The molecule has 0 bridgehead atoms. The van der Waals surface area contributed by atoms with Crippen molar-refractivity contribution < 1.29 is 4.74 Å². The smallest absolute Gasteiger partial charge is 0.142 e. The summed E-state index contributed by atoms with van der Waals surface area (Å²) < 4.78 is 5.43. The summed E-state index contributed by atoms with van der Waals surface area (Å²) in [5, 5.41) is 3.43. The zero-order chi connectivity index (χ0) is 11.6. The summed E-state index contributed by atoms with van der Waals surface area (Å²) >= 11 is 0. The van der Waals surface area contributed by atoms with Crippen LogP contribution in [0.15, 0.2) is 24.3 Å². The molecule has 0 radical (unpaired) electrons. The molecule has 104 valence electrons. The van der Waals surface area contributed by atoms with Gasteiger partial charge in [-0.05, 0) is 26.0 Å². The number of methoxy groups -OCH3 is 1. The first-order valence-electron chi connectivity index (χ1n) is 5.76. The standard InChI is InChI=1S/C13H20N2O.2BrH/c1-13(2)10-14-8-9-15(13)11-6-4-5-7-12(11)16-3;;/h4-7,14H,8-10H2,1-3H3;2*1H. The number of para-hydroxylation sites is 2. The van der Waals surface area contributed by atoms with Gasteiger partial charge in [-0.3, -0.25) is 0 Å². The Labute approximate surface area is 130 Å². The van der Waals surface area contributed by atoms with Crippen molar-refractivity contribution in [2.24, 2.45) is 0 Å². The minimum Gasteiger partial charge on any atom is -0.495 e. The van der Waals surface area contributed by atoms with Crippen molar-refractivity contribution in [2.45, 2.75) is 19.4 Å². The highest BCUT2D eigenvalue weighted by Gasteiger charge is 2.31. The second-order valence-electron chi connectivity index (χ2n) is 4.81. The van der Waals surface area contributed by atoms with Gasteiger partial charge in [0.1, 0.15) is 5.75 Å². The summed E-state index contributed by atoms with van der Waals surface area (Å²) in [6.07, 6.45) is 0. The monoisotopic (exact) mass is 380 g/mol. The average Bonchev–Trinajstić information content (AvgIpc) is 2.28. The normalized spacial score (nSPS) is 17.4. The summed E-state index contributed by atoms with van der Waals surface area (Å²) in [5.74, 6) is 0.956. The van der Waals surface area contributed by atoms with E-state index in [2.05, 4.69) is 36.2 Å².